The van der Waals surface area contributed by atoms with E-state index in [-0.39, 0.29) is 5.91 Å². The van der Waals surface area contributed by atoms with Crippen molar-refractivity contribution in [1.29, 1.82) is 0 Å². The number of carbonyl (C=O) groups excluding carboxylic acids is 1. The SMILES string of the molecule is NC(=O)[C@@H]1Cc2ccccc2N1CC(O)Cn1c2ccccc2c2ccccc21. The van der Waals surface area contributed by atoms with Gasteiger partial charge < -0.3 is 20.3 Å². The van der Waals surface area contributed by atoms with Gasteiger partial charge in [0.05, 0.1) is 12.6 Å². The van der Waals surface area contributed by atoms with Gasteiger partial charge in [-0.15, -0.1) is 0 Å². The van der Waals surface area contributed by atoms with Crippen LogP contribution in [-0.2, 0) is 17.8 Å². The Hall–Kier alpha value is -3.31. The zero-order valence-corrected chi connectivity index (χ0v) is 16.0. The Morgan fingerprint density at radius 1 is 0.931 bits per heavy atom. The van der Waals surface area contributed by atoms with Gasteiger partial charge in [0.2, 0.25) is 5.91 Å². The minimum absolute atomic E-state index is 0.353. The van der Waals surface area contributed by atoms with Crippen LogP contribution in [0.15, 0.2) is 72.8 Å². The number of anilines is 1. The van der Waals surface area contributed by atoms with Crippen molar-refractivity contribution in [3.8, 4) is 0 Å². The summed E-state index contributed by atoms with van der Waals surface area (Å²) in [6, 6.07) is 24.0. The summed E-state index contributed by atoms with van der Waals surface area (Å²) in [6.45, 7) is 0.795. The lowest BCUT2D eigenvalue weighted by Gasteiger charge is -2.28. The second-order valence-electron chi connectivity index (χ2n) is 7.70. The van der Waals surface area contributed by atoms with Gasteiger partial charge in [0, 0.05) is 40.5 Å². The fraction of sp³-hybridized carbons (Fsp3) is 0.208. The molecule has 5 nitrogen and oxygen atoms in total. The number of carbonyl (C=O) groups is 1. The van der Waals surface area contributed by atoms with E-state index in [0.29, 0.717) is 19.5 Å². The molecule has 0 aliphatic carbocycles. The molecule has 3 N–H and O–H groups in total. The molecule has 1 amide bonds. The maximum Gasteiger partial charge on any atom is 0.240 e. The molecule has 5 heteroatoms. The van der Waals surface area contributed by atoms with E-state index < -0.39 is 12.1 Å². The topological polar surface area (TPSA) is 71.5 Å². The van der Waals surface area contributed by atoms with E-state index in [2.05, 4.69) is 28.8 Å². The van der Waals surface area contributed by atoms with Crippen LogP contribution in [0.4, 0.5) is 5.69 Å². The summed E-state index contributed by atoms with van der Waals surface area (Å²) >= 11 is 0. The van der Waals surface area contributed by atoms with Gasteiger partial charge in [0.1, 0.15) is 6.04 Å². The first-order chi connectivity index (χ1) is 14.1. The van der Waals surface area contributed by atoms with E-state index in [1.165, 1.54) is 10.8 Å². The average Bonchev–Trinajstić information content (AvgIpc) is 3.25. The standard InChI is InChI=1S/C24H23N3O2/c25-24(29)23-13-16-7-1-4-10-20(16)26(23)14-17(28)15-27-21-11-5-2-8-18(21)19-9-3-6-12-22(19)27/h1-12,17,23,28H,13-15H2,(H2,25,29)/t17?,23-/m0/s1. The quantitative estimate of drug-likeness (QED) is 0.555. The van der Waals surface area contributed by atoms with Crippen LogP contribution < -0.4 is 10.6 Å². The summed E-state index contributed by atoms with van der Waals surface area (Å²) in [5, 5.41) is 13.4. The Balaban J connectivity index is 1.48. The van der Waals surface area contributed by atoms with Gasteiger partial charge in [-0.1, -0.05) is 54.6 Å². The summed E-state index contributed by atoms with van der Waals surface area (Å²) in [4.78, 5) is 14.0. The number of β-amino-alcohol motifs (C(OH)–C–C–N with tert-alkyl or cyclic N) is 1. The zero-order valence-electron chi connectivity index (χ0n) is 16.0. The number of para-hydroxylation sites is 3. The van der Waals surface area contributed by atoms with Crippen LogP contribution in [0.1, 0.15) is 5.56 Å². The molecule has 5 rings (SSSR count). The lowest BCUT2D eigenvalue weighted by molar-refractivity contribution is -0.119. The summed E-state index contributed by atoms with van der Waals surface area (Å²) in [5.74, 6) is -0.356. The minimum Gasteiger partial charge on any atom is -0.389 e. The summed E-state index contributed by atoms with van der Waals surface area (Å²) in [7, 11) is 0. The van der Waals surface area contributed by atoms with Gasteiger partial charge in [0.25, 0.3) is 0 Å². The smallest absolute Gasteiger partial charge is 0.240 e. The number of rotatable bonds is 5. The monoisotopic (exact) mass is 385 g/mol. The van der Waals surface area contributed by atoms with Crippen LogP contribution in [0, 0.1) is 0 Å². The van der Waals surface area contributed by atoms with Crippen molar-refractivity contribution in [2.24, 2.45) is 5.73 Å². The molecule has 3 aromatic carbocycles. The number of hydrogen-bond donors (Lipinski definition) is 2. The van der Waals surface area contributed by atoms with Gasteiger partial charge in [-0.3, -0.25) is 4.79 Å². The molecule has 1 unspecified atom stereocenters. The van der Waals surface area contributed by atoms with Crippen molar-refractivity contribution in [1.82, 2.24) is 4.57 Å². The summed E-state index contributed by atoms with van der Waals surface area (Å²) in [6.07, 6.45) is -0.0598. The Morgan fingerprint density at radius 2 is 1.52 bits per heavy atom. The first-order valence-corrected chi connectivity index (χ1v) is 9.91. The zero-order chi connectivity index (χ0) is 20.0. The van der Waals surface area contributed by atoms with Gasteiger partial charge in [-0.2, -0.15) is 0 Å². The fourth-order valence-corrected chi connectivity index (χ4v) is 4.63. The van der Waals surface area contributed by atoms with Gasteiger partial charge >= 0.3 is 0 Å². The third-order valence-electron chi connectivity index (χ3n) is 5.90. The predicted molar refractivity (Wildman–Crippen MR) is 116 cm³/mol. The minimum atomic E-state index is -0.651. The summed E-state index contributed by atoms with van der Waals surface area (Å²) in [5.41, 5.74) is 9.94. The van der Waals surface area contributed by atoms with Crippen LogP contribution in [-0.4, -0.2) is 34.3 Å². The molecular weight excluding hydrogens is 362 g/mol. The van der Waals surface area contributed by atoms with Gasteiger partial charge in [0.15, 0.2) is 0 Å². The maximum atomic E-state index is 12.0. The van der Waals surface area contributed by atoms with Crippen LogP contribution in [0.3, 0.4) is 0 Å². The van der Waals surface area contributed by atoms with Crippen LogP contribution in [0.25, 0.3) is 21.8 Å². The third-order valence-corrected chi connectivity index (χ3v) is 5.90. The lowest BCUT2D eigenvalue weighted by Crippen LogP contribution is -2.46. The molecule has 1 aromatic heterocycles. The molecule has 4 aromatic rings. The average molecular weight is 385 g/mol. The Morgan fingerprint density at radius 3 is 2.17 bits per heavy atom. The van der Waals surface area contributed by atoms with E-state index in [9.17, 15) is 9.90 Å². The molecule has 2 heterocycles. The molecule has 0 radical (unpaired) electrons. The second-order valence-corrected chi connectivity index (χ2v) is 7.70. The molecule has 0 saturated carbocycles. The number of fused-ring (bicyclic) bond motifs is 4. The molecule has 0 bridgehead atoms. The third kappa shape index (κ3) is 2.95. The van der Waals surface area contributed by atoms with Crippen LogP contribution in [0.2, 0.25) is 0 Å². The number of aromatic nitrogens is 1. The number of primary amides is 1. The van der Waals surface area contributed by atoms with Crippen molar-refractivity contribution >= 4 is 33.4 Å². The molecule has 1 aliphatic heterocycles. The molecule has 0 fully saturated rings. The van der Waals surface area contributed by atoms with Crippen molar-refractivity contribution in [3.05, 3.63) is 78.4 Å². The molecule has 0 spiro atoms. The lowest BCUT2D eigenvalue weighted by atomic mass is 10.1. The van der Waals surface area contributed by atoms with E-state index in [1.54, 1.807) is 0 Å². The second kappa shape index (κ2) is 6.94. The van der Waals surface area contributed by atoms with Gasteiger partial charge in [-0.25, -0.2) is 0 Å². The Labute approximate surface area is 169 Å². The highest BCUT2D eigenvalue weighted by Crippen LogP contribution is 2.33. The number of aliphatic hydroxyl groups is 1. The van der Waals surface area contributed by atoms with Crippen LogP contribution in [0.5, 0.6) is 0 Å². The van der Waals surface area contributed by atoms with Crippen LogP contribution >= 0.6 is 0 Å². The molecule has 2 atom stereocenters. The van der Waals surface area contributed by atoms with E-state index in [4.69, 9.17) is 5.73 Å². The van der Waals surface area contributed by atoms with E-state index in [0.717, 1.165) is 22.3 Å². The van der Waals surface area contributed by atoms with Crippen molar-refractivity contribution < 1.29 is 9.90 Å². The maximum absolute atomic E-state index is 12.0. The number of nitrogens with zero attached hydrogens (tertiary/aromatic N) is 2. The number of amides is 1. The van der Waals surface area contributed by atoms with Crippen molar-refractivity contribution in [2.45, 2.75) is 25.1 Å². The molecule has 1 aliphatic rings. The molecule has 29 heavy (non-hydrogen) atoms. The molecule has 0 saturated heterocycles. The normalized spacial score (nSPS) is 17.0. The number of hydrogen-bond acceptors (Lipinski definition) is 3. The van der Waals surface area contributed by atoms with Crippen molar-refractivity contribution in [2.75, 3.05) is 11.4 Å². The van der Waals surface area contributed by atoms with E-state index in [1.807, 2.05) is 53.4 Å². The summed E-state index contributed by atoms with van der Waals surface area (Å²) < 4.78 is 2.16. The number of aliphatic hydroxyl groups excluding tert-OH is 1. The van der Waals surface area contributed by atoms with E-state index >= 15 is 0 Å². The number of nitrogens with two attached hydrogens (primary N) is 1. The largest absolute Gasteiger partial charge is 0.389 e. The number of benzene rings is 3. The highest BCUT2D eigenvalue weighted by molar-refractivity contribution is 6.07. The molecule has 146 valence electrons. The fourth-order valence-electron chi connectivity index (χ4n) is 4.63. The highest BCUT2D eigenvalue weighted by Gasteiger charge is 2.34. The first kappa shape index (κ1) is 17.8. The molecular formula is C24H23N3O2. The Kier molecular flexibility index (Phi) is 4.25. The highest BCUT2D eigenvalue weighted by atomic mass is 16.3. The van der Waals surface area contributed by atoms with Gasteiger partial charge in [-0.05, 0) is 23.8 Å². The predicted octanol–water partition coefficient (Wildman–Crippen LogP) is 3.07. The van der Waals surface area contributed by atoms with Crippen molar-refractivity contribution in [3.63, 3.8) is 0 Å². The first-order valence-electron chi connectivity index (χ1n) is 9.91. The Bertz CT molecular complexity index is 1160.